The van der Waals surface area contributed by atoms with E-state index in [4.69, 9.17) is 16.3 Å². The van der Waals surface area contributed by atoms with Crippen LogP contribution in [-0.2, 0) is 10.9 Å². The van der Waals surface area contributed by atoms with Gasteiger partial charge >= 0.3 is 12.2 Å². The molecule has 6 nitrogen and oxygen atoms in total. The Kier molecular flexibility index (Phi) is 6.09. The van der Waals surface area contributed by atoms with Crippen molar-refractivity contribution < 1.29 is 22.7 Å². The molecule has 0 atom stereocenters. The van der Waals surface area contributed by atoms with Crippen molar-refractivity contribution >= 4 is 34.8 Å². The van der Waals surface area contributed by atoms with Crippen molar-refractivity contribution in [2.75, 3.05) is 25.0 Å². The summed E-state index contributed by atoms with van der Waals surface area (Å²) in [6.07, 6.45) is -0.336. The average molecular weight is 479 g/mol. The van der Waals surface area contributed by atoms with Crippen molar-refractivity contribution in [3.8, 4) is 0 Å². The summed E-state index contributed by atoms with van der Waals surface area (Å²) in [5.41, 5.74) is 1.51. The van der Waals surface area contributed by atoms with E-state index in [1.807, 2.05) is 19.9 Å². The van der Waals surface area contributed by atoms with E-state index in [2.05, 4.69) is 15.3 Å². The van der Waals surface area contributed by atoms with E-state index in [0.29, 0.717) is 54.0 Å². The molecule has 174 valence electrons. The van der Waals surface area contributed by atoms with Gasteiger partial charge in [-0.15, -0.1) is 0 Å². The van der Waals surface area contributed by atoms with Crippen LogP contribution in [0.5, 0.6) is 0 Å². The van der Waals surface area contributed by atoms with Crippen LogP contribution in [-0.4, -0.2) is 47.0 Å². The maximum absolute atomic E-state index is 12.7. The highest BCUT2D eigenvalue weighted by Gasteiger charge is 2.30. The first-order valence-corrected chi connectivity index (χ1v) is 10.7. The second-order valence-electron chi connectivity index (χ2n) is 8.50. The molecule has 2 aromatic rings. The molecule has 33 heavy (non-hydrogen) atoms. The minimum Gasteiger partial charge on any atom is -0.475 e. The molecule has 0 saturated heterocycles. The predicted octanol–water partition coefficient (Wildman–Crippen LogP) is 5.63. The highest BCUT2D eigenvalue weighted by molar-refractivity contribution is 6.32. The van der Waals surface area contributed by atoms with E-state index in [1.165, 1.54) is 12.1 Å². The van der Waals surface area contributed by atoms with Crippen molar-refractivity contribution in [3.05, 3.63) is 64.4 Å². The van der Waals surface area contributed by atoms with Gasteiger partial charge in [0.15, 0.2) is 0 Å². The number of benzene rings is 1. The lowest BCUT2D eigenvalue weighted by Crippen LogP contribution is -2.38. The third-order valence-corrected chi connectivity index (χ3v) is 5.61. The van der Waals surface area contributed by atoms with Gasteiger partial charge in [-0.1, -0.05) is 17.7 Å². The first-order chi connectivity index (χ1) is 15.5. The number of urea groups is 1. The van der Waals surface area contributed by atoms with E-state index in [9.17, 15) is 18.0 Å². The summed E-state index contributed by atoms with van der Waals surface area (Å²) in [6, 6.07) is 5.72. The molecule has 0 bridgehead atoms. The second-order valence-corrected chi connectivity index (χ2v) is 8.91. The number of rotatable bonds is 3. The zero-order valence-corrected chi connectivity index (χ0v) is 18.8. The number of nitrogens with one attached hydrogen (secondary N) is 1. The summed E-state index contributed by atoms with van der Waals surface area (Å²) < 4.78 is 43.7. The topological polar surface area (TPSA) is 66.8 Å². The number of alkyl halides is 3. The molecule has 0 fully saturated rings. The van der Waals surface area contributed by atoms with Crippen LogP contribution in [0.3, 0.4) is 0 Å². The first kappa shape index (κ1) is 23.1. The van der Waals surface area contributed by atoms with E-state index in [-0.39, 0.29) is 5.54 Å². The van der Waals surface area contributed by atoms with Gasteiger partial charge in [0.25, 0.3) is 0 Å². The van der Waals surface area contributed by atoms with Gasteiger partial charge in [0.1, 0.15) is 6.61 Å². The van der Waals surface area contributed by atoms with Crippen LogP contribution in [0.2, 0.25) is 5.02 Å². The second kappa shape index (κ2) is 8.70. The summed E-state index contributed by atoms with van der Waals surface area (Å²) in [5, 5.41) is 3.09. The number of halogens is 4. The summed E-state index contributed by atoms with van der Waals surface area (Å²) in [7, 11) is 0. The zero-order valence-electron chi connectivity index (χ0n) is 18.0. The molecular weight excluding hydrogens is 457 g/mol. The fourth-order valence-electron chi connectivity index (χ4n) is 3.54. The highest BCUT2D eigenvalue weighted by Crippen LogP contribution is 2.31. The minimum atomic E-state index is -4.42. The molecule has 2 aliphatic rings. The highest BCUT2D eigenvalue weighted by atomic mass is 35.5. The number of carbonyl (C=O) groups excluding carboxylic acids is 1. The molecule has 2 aliphatic heterocycles. The minimum absolute atomic E-state index is 0.281. The number of amides is 2. The number of aliphatic imine (C=N–C) groups is 1. The average Bonchev–Trinajstić information content (AvgIpc) is 3.13. The van der Waals surface area contributed by atoms with Crippen LogP contribution >= 0.6 is 11.6 Å². The van der Waals surface area contributed by atoms with Crippen molar-refractivity contribution in [2.45, 2.75) is 32.0 Å². The van der Waals surface area contributed by atoms with Crippen LogP contribution in [0.25, 0.3) is 5.57 Å². The predicted molar refractivity (Wildman–Crippen MR) is 120 cm³/mol. The molecule has 0 spiro atoms. The van der Waals surface area contributed by atoms with E-state index >= 15 is 0 Å². The fourth-order valence-corrected chi connectivity index (χ4v) is 3.82. The largest absolute Gasteiger partial charge is 0.475 e. The Bertz CT molecular complexity index is 1130. The van der Waals surface area contributed by atoms with Gasteiger partial charge < -0.3 is 15.0 Å². The Balaban J connectivity index is 1.40. The molecule has 2 amide bonds. The monoisotopic (exact) mass is 478 g/mol. The molecule has 0 radical (unpaired) electrons. The lowest BCUT2D eigenvalue weighted by Gasteiger charge is -2.27. The van der Waals surface area contributed by atoms with Crippen LogP contribution in [0.15, 0.2) is 47.6 Å². The van der Waals surface area contributed by atoms with E-state index < -0.39 is 17.8 Å². The molecule has 3 heterocycles. The molecule has 0 aliphatic carbocycles. The van der Waals surface area contributed by atoms with Crippen molar-refractivity contribution in [1.29, 1.82) is 0 Å². The summed E-state index contributed by atoms with van der Waals surface area (Å²) in [6.45, 7) is 5.20. The summed E-state index contributed by atoms with van der Waals surface area (Å²) in [4.78, 5) is 23.1. The van der Waals surface area contributed by atoms with E-state index in [0.717, 1.165) is 17.7 Å². The number of carbonyl (C=O) groups is 1. The zero-order chi connectivity index (χ0) is 23.8. The fraction of sp³-hybridized carbons (Fsp3) is 0.348. The lowest BCUT2D eigenvalue weighted by molar-refractivity contribution is -0.137. The van der Waals surface area contributed by atoms with Gasteiger partial charge in [-0.2, -0.15) is 13.2 Å². The normalized spacial score (nSPS) is 17.8. The quantitative estimate of drug-likeness (QED) is 0.621. The standard InChI is InChI=1S/C23H22ClF3N4O2/c1-22(2)13-33-20(30-22)15-11-18(24)19(28-12-15)14-7-9-31(10-8-14)21(32)29-17-5-3-16(4-6-17)23(25,26)27/h3-7,11-12H,8-10,13H2,1-2H3,(H,29,32). The van der Waals surface area contributed by atoms with Gasteiger partial charge in [0.2, 0.25) is 5.90 Å². The summed E-state index contributed by atoms with van der Waals surface area (Å²) >= 11 is 6.48. The molecule has 1 N–H and O–H groups in total. The number of nitrogens with zero attached hydrogens (tertiary/aromatic N) is 3. The SMILES string of the molecule is CC1(C)COC(c2cnc(C3=CCN(C(=O)Nc4ccc(C(F)(F)F)cc4)CC3)c(Cl)c2)=N1. The molecule has 1 aromatic carbocycles. The molecule has 4 rings (SSSR count). The van der Waals surface area contributed by atoms with Crippen LogP contribution in [0.1, 0.15) is 37.1 Å². The van der Waals surface area contributed by atoms with Crippen LogP contribution in [0, 0.1) is 0 Å². The van der Waals surface area contributed by atoms with Crippen LogP contribution in [0.4, 0.5) is 23.7 Å². The van der Waals surface area contributed by atoms with Crippen molar-refractivity contribution in [1.82, 2.24) is 9.88 Å². The maximum atomic E-state index is 12.7. The Morgan fingerprint density at radius 3 is 2.52 bits per heavy atom. The van der Waals surface area contributed by atoms with Gasteiger partial charge in [0.05, 0.1) is 27.4 Å². The Hall–Kier alpha value is -3.07. The van der Waals surface area contributed by atoms with E-state index in [1.54, 1.807) is 17.2 Å². The van der Waals surface area contributed by atoms with Gasteiger partial charge in [-0.05, 0) is 56.2 Å². The molecule has 0 saturated carbocycles. The first-order valence-electron chi connectivity index (χ1n) is 10.3. The summed E-state index contributed by atoms with van der Waals surface area (Å²) in [5.74, 6) is 0.518. The molecule has 0 unspecified atom stereocenters. The third kappa shape index (κ3) is 5.30. The number of hydrogen-bond acceptors (Lipinski definition) is 4. The molecule has 1 aromatic heterocycles. The Morgan fingerprint density at radius 2 is 1.97 bits per heavy atom. The number of aromatic nitrogens is 1. The van der Waals surface area contributed by atoms with Crippen molar-refractivity contribution in [2.24, 2.45) is 4.99 Å². The molecular formula is C23H22ClF3N4O2. The maximum Gasteiger partial charge on any atom is 0.416 e. The van der Waals surface area contributed by atoms with Gasteiger partial charge in [-0.25, -0.2) is 9.79 Å². The number of ether oxygens (including phenoxy) is 1. The van der Waals surface area contributed by atoms with Crippen LogP contribution < -0.4 is 5.32 Å². The third-order valence-electron chi connectivity index (χ3n) is 5.32. The lowest BCUT2D eigenvalue weighted by atomic mass is 10.0. The van der Waals surface area contributed by atoms with Gasteiger partial charge in [0, 0.05) is 25.0 Å². The number of anilines is 1. The number of pyridine rings is 1. The Labute approximate surface area is 194 Å². The Morgan fingerprint density at radius 1 is 1.24 bits per heavy atom. The van der Waals surface area contributed by atoms with Crippen molar-refractivity contribution in [3.63, 3.8) is 0 Å². The smallest absolute Gasteiger partial charge is 0.416 e. The van der Waals surface area contributed by atoms with Gasteiger partial charge in [-0.3, -0.25) is 4.98 Å². The number of hydrogen-bond donors (Lipinski definition) is 1. The molecule has 10 heteroatoms.